The summed E-state index contributed by atoms with van der Waals surface area (Å²) in [4.78, 5) is 12.9. The van der Waals surface area contributed by atoms with Gasteiger partial charge in [-0.05, 0) is 36.3 Å². The van der Waals surface area contributed by atoms with E-state index < -0.39 is 0 Å². The molecule has 3 nitrogen and oxygen atoms in total. The summed E-state index contributed by atoms with van der Waals surface area (Å²) in [6.07, 6.45) is 1.72. The van der Waals surface area contributed by atoms with E-state index in [0.717, 1.165) is 27.6 Å². The molecule has 1 atom stereocenters. The van der Waals surface area contributed by atoms with Crippen LogP contribution in [0.5, 0.6) is 5.75 Å². The fraction of sp³-hybridized carbons (Fsp3) is 0.0800. The zero-order valence-electron chi connectivity index (χ0n) is 15.4. The first-order valence-corrected chi connectivity index (χ1v) is 9.27. The molecule has 0 radical (unpaired) electrons. The lowest BCUT2D eigenvalue weighted by Crippen LogP contribution is -2.18. The van der Waals surface area contributed by atoms with Crippen LogP contribution in [0.2, 0.25) is 0 Å². The molecule has 0 fully saturated rings. The molecule has 2 heterocycles. The third-order valence-electron chi connectivity index (χ3n) is 5.06. The fourth-order valence-electron chi connectivity index (χ4n) is 3.70. The standard InChI is InChI=1S/C25H18O3/c1-16-12-13-21-20(14-16)24-23(25(26)28-21)19(17-8-4-2-5-9-17)15-22(27-24)18-10-6-3-7-11-18/h2-15,22H,1H3. The number of hydrogen-bond donors (Lipinski definition) is 0. The number of aryl methyl sites for hydroxylation is 1. The Morgan fingerprint density at radius 1 is 0.857 bits per heavy atom. The second kappa shape index (κ2) is 6.54. The van der Waals surface area contributed by atoms with Crippen molar-refractivity contribution in [3.8, 4) is 5.75 Å². The molecular weight excluding hydrogens is 348 g/mol. The lowest BCUT2D eigenvalue weighted by Gasteiger charge is -2.26. The molecule has 4 aromatic rings. The van der Waals surface area contributed by atoms with E-state index in [0.29, 0.717) is 16.9 Å². The number of benzene rings is 3. The predicted octanol–water partition coefficient (Wildman–Crippen LogP) is 5.67. The molecule has 1 aliphatic rings. The molecule has 5 rings (SSSR count). The highest BCUT2D eigenvalue weighted by atomic mass is 16.5. The predicted molar refractivity (Wildman–Crippen MR) is 111 cm³/mol. The molecule has 28 heavy (non-hydrogen) atoms. The highest BCUT2D eigenvalue weighted by Crippen LogP contribution is 2.42. The lowest BCUT2D eigenvalue weighted by molar-refractivity contribution is 0.252. The first kappa shape index (κ1) is 16.6. The molecule has 1 unspecified atom stereocenters. The van der Waals surface area contributed by atoms with Crippen molar-refractivity contribution in [2.45, 2.75) is 13.0 Å². The van der Waals surface area contributed by atoms with E-state index in [1.165, 1.54) is 0 Å². The van der Waals surface area contributed by atoms with Gasteiger partial charge in [0, 0.05) is 5.57 Å². The summed E-state index contributed by atoms with van der Waals surface area (Å²) >= 11 is 0. The van der Waals surface area contributed by atoms with Crippen molar-refractivity contribution in [3.63, 3.8) is 0 Å². The number of rotatable bonds is 2. The number of hydrogen-bond acceptors (Lipinski definition) is 3. The molecule has 0 saturated carbocycles. The Labute approximate surface area is 162 Å². The Bertz CT molecular complexity index is 1250. The average Bonchev–Trinajstić information content (AvgIpc) is 2.75. The maximum absolute atomic E-state index is 12.9. The van der Waals surface area contributed by atoms with Gasteiger partial charge in [-0.25, -0.2) is 4.79 Å². The van der Waals surface area contributed by atoms with Crippen LogP contribution < -0.4 is 10.4 Å². The maximum atomic E-state index is 12.9. The van der Waals surface area contributed by atoms with Crippen molar-refractivity contribution in [1.82, 2.24) is 0 Å². The smallest absolute Gasteiger partial charge is 0.348 e. The van der Waals surface area contributed by atoms with Crippen LogP contribution in [0, 0.1) is 6.92 Å². The second-order valence-electron chi connectivity index (χ2n) is 6.99. The van der Waals surface area contributed by atoms with Crippen LogP contribution in [0.1, 0.15) is 28.4 Å². The van der Waals surface area contributed by atoms with E-state index in [9.17, 15) is 4.79 Å². The highest BCUT2D eigenvalue weighted by Gasteiger charge is 2.28. The summed E-state index contributed by atoms with van der Waals surface area (Å²) in [5.41, 5.74) is 4.56. The maximum Gasteiger partial charge on any atom is 0.348 e. The highest BCUT2D eigenvalue weighted by molar-refractivity contribution is 5.94. The molecule has 1 aliphatic heterocycles. The minimum atomic E-state index is -0.382. The van der Waals surface area contributed by atoms with Crippen molar-refractivity contribution in [1.29, 1.82) is 0 Å². The minimum absolute atomic E-state index is 0.283. The van der Waals surface area contributed by atoms with Crippen LogP contribution in [-0.2, 0) is 0 Å². The first-order chi connectivity index (χ1) is 13.7. The van der Waals surface area contributed by atoms with Crippen LogP contribution >= 0.6 is 0 Å². The summed E-state index contributed by atoms with van der Waals surface area (Å²) in [5, 5.41) is 0.817. The Morgan fingerprint density at radius 2 is 1.57 bits per heavy atom. The minimum Gasteiger partial charge on any atom is -0.480 e. The summed E-state index contributed by atoms with van der Waals surface area (Å²) < 4.78 is 12.0. The van der Waals surface area contributed by atoms with Gasteiger partial charge >= 0.3 is 5.63 Å². The van der Waals surface area contributed by atoms with Gasteiger partial charge in [0.15, 0.2) is 0 Å². The van der Waals surface area contributed by atoms with Crippen LogP contribution in [0.25, 0.3) is 16.5 Å². The Balaban J connectivity index is 1.82. The van der Waals surface area contributed by atoms with E-state index in [1.807, 2.05) is 91.9 Å². The summed E-state index contributed by atoms with van der Waals surface area (Å²) in [6, 6.07) is 25.7. The molecule has 3 aromatic carbocycles. The quantitative estimate of drug-likeness (QED) is 0.429. The van der Waals surface area contributed by atoms with Gasteiger partial charge in [-0.15, -0.1) is 0 Å². The summed E-state index contributed by atoms with van der Waals surface area (Å²) in [6.45, 7) is 2.02. The zero-order chi connectivity index (χ0) is 19.1. The van der Waals surface area contributed by atoms with E-state index in [1.54, 1.807) is 0 Å². The molecule has 0 saturated heterocycles. The number of ether oxygens (including phenoxy) is 1. The van der Waals surface area contributed by atoms with Crippen LogP contribution in [0.4, 0.5) is 0 Å². The Morgan fingerprint density at radius 3 is 2.32 bits per heavy atom. The van der Waals surface area contributed by atoms with Crippen molar-refractivity contribution < 1.29 is 9.15 Å². The van der Waals surface area contributed by atoms with Gasteiger partial charge in [0.1, 0.15) is 23.0 Å². The third kappa shape index (κ3) is 2.72. The largest absolute Gasteiger partial charge is 0.480 e. The summed E-state index contributed by atoms with van der Waals surface area (Å²) in [5.74, 6) is 0.588. The third-order valence-corrected chi connectivity index (χ3v) is 5.06. The first-order valence-electron chi connectivity index (χ1n) is 9.27. The fourth-order valence-corrected chi connectivity index (χ4v) is 3.70. The van der Waals surface area contributed by atoms with Gasteiger partial charge in [-0.3, -0.25) is 0 Å². The van der Waals surface area contributed by atoms with Crippen molar-refractivity contribution in [3.05, 3.63) is 118 Å². The number of fused-ring (bicyclic) bond motifs is 3. The van der Waals surface area contributed by atoms with Gasteiger partial charge < -0.3 is 9.15 Å². The van der Waals surface area contributed by atoms with Gasteiger partial charge in [-0.2, -0.15) is 0 Å². The van der Waals surface area contributed by atoms with Gasteiger partial charge in [0.2, 0.25) is 0 Å². The molecule has 136 valence electrons. The van der Waals surface area contributed by atoms with Crippen molar-refractivity contribution >= 4 is 16.5 Å². The van der Waals surface area contributed by atoms with E-state index in [2.05, 4.69) is 0 Å². The molecule has 0 spiro atoms. The monoisotopic (exact) mass is 366 g/mol. The Hall–Kier alpha value is -3.59. The molecule has 0 bridgehead atoms. The van der Waals surface area contributed by atoms with Crippen LogP contribution in [0.3, 0.4) is 0 Å². The van der Waals surface area contributed by atoms with Crippen molar-refractivity contribution in [2.75, 3.05) is 0 Å². The van der Waals surface area contributed by atoms with Crippen LogP contribution in [-0.4, -0.2) is 0 Å². The molecule has 0 amide bonds. The zero-order valence-corrected chi connectivity index (χ0v) is 15.4. The lowest BCUT2D eigenvalue weighted by atomic mass is 9.92. The second-order valence-corrected chi connectivity index (χ2v) is 6.99. The molecule has 3 heteroatoms. The molecule has 0 aliphatic carbocycles. The van der Waals surface area contributed by atoms with Crippen molar-refractivity contribution in [2.24, 2.45) is 0 Å². The molecule has 1 aromatic heterocycles. The molecular formula is C25H18O3. The average molecular weight is 366 g/mol. The van der Waals surface area contributed by atoms with E-state index in [4.69, 9.17) is 9.15 Å². The van der Waals surface area contributed by atoms with Crippen LogP contribution in [0.15, 0.2) is 94.2 Å². The molecule has 0 N–H and O–H groups in total. The Kier molecular flexibility index (Phi) is 3.87. The van der Waals surface area contributed by atoms with E-state index >= 15 is 0 Å². The van der Waals surface area contributed by atoms with Gasteiger partial charge in [0.25, 0.3) is 0 Å². The van der Waals surface area contributed by atoms with Gasteiger partial charge in [-0.1, -0.05) is 72.3 Å². The SMILES string of the molecule is Cc1ccc2oc(=O)c3c(c2c1)OC(c1ccccc1)C=C3c1ccccc1. The van der Waals surface area contributed by atoms with Gasteiger partial charge in [0.05, 0.1) is 5.39 Å². The normalized spacial score (nSPS) is 15.6. The summed E-state index contributed by atoms with van der Waals surface area (Å²) in [7, 11) is 0. The topological polar surface area (TPSA) is 39.4 Å². The van der Waals surface area contributed by atoms with E-state index in [-0.39, 0.29) is 11.7 Å².